The molecule has 13 N–H and O–H groups in total. The summed E-state index contributed by atoms with van der Waals surface area (Å²) in [6.07, 6.45) is -3.08. The minimum absolute atomic E-state index is 0.175. The number of rotatable bonds is 17. The third-order valence-electron chi connectivity index (χ3n) is 4.38. The van der Waals surface area contributed by atoms with Gasteiger partial charge in [0.05, 0.1) is 18.9 Å². The Labute approximate surface area is 198 Å². The van der Waals surface area contributed by atoms with Gasteiger partial charge in [-0.25, -0.2) is 4.79 Å². The summed E-state index contributed by atoms with van der Waals surface area (Å²) in [5, 5.41) is 24.0. The summed E-state index contributed by atoms with van der Waals surface area (Å²) in [6, 6.07) is -6.37. The number of carboxylic acids is 2. The van der Waals surface area contributed by atoms with E-state index < -0.39 is 97.2 Å². The van der Waals surface area contributed by atoms with Crippen molar-refractivity contribution in [3.8, 4) is 0 Å². The number of primary amides is 3. The monoisotopic (exact) mass is 503 g/mol. The Balaban J connectivity index is 5.53. The van der Waals surface area contributed by atoms with Crippen molar-refractivity contribution in [1.82, 2.24) is 16.0 Å². The molecular formula is C18H29N7O10. The minimum atomic E-state index is -1.75. The molecule has 0 fully saturated rings. The summed E-state index contributed by atoms with van der Waals surface area (Å²) in [6.45, 7) is 0. The Kier molecular flexibility index (Phi) is 13.0. The summed E-state index contributed by atoms with van der Waals surface area (Å²) in [7, 11) is 0. The van der Waals surface area contributed by atoms with Gasteiger partial charge < -0.3 is 49.1 Å². The lowest BCUT2D eigenvalue weighted by atomic mass is 10.1. The zero-order valence-electron chi connectivity index (χ0n) is 18.5. The van der Waals surface area contributed by atoms with E-state index in [1.54, 1.807) is 0 Å². The lowest BCUT2D eigenvalue weighted by Gasteiger charge is -2.24. The van der Waals surface area contributed by atoms with E-state index >= 15 is 0 Å². The average molecular weight is 503 g/mol. The largest absolute Gasteiger partial charge is 0.481 e. The standard InChI is InChI=1S/C18H29N7O10/c19-7(1-3-11(20)26)15(31)24-9(5-12(21)27)17(33)25-10(6-13(22)28)16(32)23-8(18(34)35)2-4-14(29)30/h7-10H,1-6,19H2,(H2,20,26)(H2,21,27)(H2,22,28)(H,23,32)(H,24,31)(H,25,33)(H,29,30)(H,34,35). The molecule has 17 heteroatoms. The van der Waals surface area contributed by atoms with Gasteiger partial charge in [0.25, 0.3) is 0 Å². The van der Waals surface area contributed by atoms with Gasteiger partial charge in [0.1, 0.15) is 18.1 Å². The predicted octanol–water partition coefficient (Wildman–Crippen LogP) is -5.27. The number of aliphatic carboxylic acids is 2. The molecule has 0 bridgehead atoms. The smallest absolute Gasteiger partial charge is 0.326 e. The first-order valence-electron chi connectivity index (χ1n) is 10.1. The highest BCUT2D eigenvalue weighted by atomic mass is 16.4. The highest BCUT2D eigenvalue weighted by molar-refractivity contribution is 5.97. The van der Waals surface area contributed by atoms with E-state index in [0.717, 1.165) is 0 Å². The van der Waals surface area contributed by atoms with E-state index in [4.69, 9.17) is 28.0 Å². The molecule has 0 aliphatic rings. The number of amides is 6. The van der Waals surface area contributed by atoms with Gasteiger partial charge in [0, 0.05) is 12.8 Å². The Hall–Kier alpha value is -4.28. The fraction of sp³-hybridized carbons (Fsp3) is 0.556. The van der Waals surface area contributed by atoms with Crippen molar-refractivity contribution in [1.29, 1.82) is 0 Å². The molecule has 0 aromatic heterocycles. The summed E-state index contributed by atoms with van der Waals surface area (Å²) < 4.78 is 0. The Bertz CT molecular complexity index is 863. The van der Waals surface area contributed by atoms with Crippen molar-refractivity contribution >= 4 is 47.4 Å². The molecule has 0 aliphatic heterocycles. The van der Waals surface area contributed by atoms with E-state index in [2.05, 4.69) is 10.6 Å². The van der Waals surface area contributed by atoms with E-state index in [0.29, 0.717) is 0 Å². The van der Waals surface area contributed by atoms with Gasteiger partial charge >= 0.3 is 11.9 Å². The van der Waals surface area contributed by atoms with Crippen LogP contribution in [0.25, 0.3) is 0 Å². The topological polar surface area (TPSA) is 317 Å². The molecule has 196 valence electrons. The fourth-order valence-electron chi connectivity index (χ4n) is 2.60. The van der Waals surface area contributed by atoms with E-state index in [1.807, 2.05) is 5.32 Å². The Morgan fingerprint density at radius 3 is 1.40 bits per heavy atom. The van der Waals surface area contributed by atoms with Crippen molar-refractivity contribution < 1.29 is 48.6 Å². The summed E-state index contributed by atoms with van der Waals surface area (Å²) in [5.41, 5.74) is 20.7. The van der Waals surface area contributed by atoms with E-state index in [9.17, 15) is 43.5 Å². The average Bonchev–Trinajstić information content (AvgIpc) is 2.72. The summed E-state index contributed by atoms with van der Waals surface area (Å²) in [4.78, 5) is 92.9. The number of hydrogen-bond acceptors (Lipinski definition) is 9. The minimum Gasteiger partial charge on any atom is -0.481 e. The third kappa shape index (κ3) is 13.1. The van der Waals surface area contributed by atoms with Crippen molar-refractivity contribution in [2.24, 2.45) is 22.9 Å². The van der Waals surface area contributed by atoms with Crippen LogP contribution in [0.3, 0.4) is 0 Å². The van der Waals surface area contributed by atoms with E-state index in [-0.39, 0.29) is 12.8 Å². The van der Waals surface area contributed by atoms with Gasteiger partial charge in [-0.15, -0.1) is 0 Å². The first-order chi connectivity index (χ1) is 16.1. The molecule has 17 nitrogen and oxygen atoms in total. The molecule has 0 radical (unpaired) electrons. The molecule has 0 spiro atoms. The third-order valence-corrected chi connectivity index (χ3v) is 4.38. The Morgan fingerprint density at radius 2 is 1.03 bits per heavy atom. The molecule has 0 aromatic rings. The maximum Gasteiger partial charge on any atom is 0.326 e. The molecule has 0 heterocycles. The predicted molar refractivity (Wildman–Crippen MR) is 114 cm³/mol. The number of hydrogen-bond donors (Lipinski definition) is 9. The molecule has 0 aliphatic carbocycles. The van der Waals surface area contributed by atoms with Crippen LogP contribution in [0.15, 0.2) is 0 Å². The molecule has 6 amide bonds. The first-order valence-corrected chi connectivity index (χ1v) is 10.1. The van der Waals surface area contributed by atoms with Gasteiger partial charge in [0.15, 0.2) is 0 Å². The molecule has 0 saturated carbocycles. The number of nitrogens with one attached hydrogen (secondary N) is 3. The van der Waals surface area contributed by atoms with Crippen molar-refractivity contribution in [3.63, 3.8) is 0 Å². The quantitative estimate of drug-likeness (QED) is 0.0902. The number of nitrogens with two attached hydrogens (primary N) is 4. The molecule has 0 rings (SSSR count). The van der Waals surface area contributed by atoms with Crippen molar-refractivity contribution in [2.45, 2.75) is 62.7 Å². The number of carbonyl (C=O) groups excluding carboxylic acids is 6. The van der Waals surface area contributed by atoms with Crippen LogP contribution >= 0.6 is 0 Å². The molecule has 0 aromatic carbocycles. The highest BCUT2D eigenvalue weighted by Crippen LogP contribution is 2.03. The normalized spacial score (nSPS) is 13.9. The SMILES string of the molecule is NC(=O)CCC(N)C(=O)NC(CC(N)=O)C(=O)NC(CC(N)=O)C(=O)NC(CCC(=O)O)C(=O)O. The number of carboxylic acid groups (broad SMARTS) is 2. The lowest BCUT2D eigenvalue weighted by Crippen LogP contribution is -2.58. The molecule has 4 unspecified atom stereocenters. The zero-order chi connectivity index (χ0) is 27.3. The van der Waals surface area contributed by atoms with Gasteiger partial charge in [-0.05, 0) is 12.8 Å². The molecular weight excluding hydrogens is 474 g/mol. The van der Waals surface area contributed by atoms with Gasteiger partial charge in [-0.3, -0.25) is 33.6 Å². The lowest BCUT2D eigenvalue weighted by molar-refractivity contribution is -0.143. The molecule has 0 saturated heterocycles. The molecule has 4 atom stereocenters. The highest BCUT2D eigenvalue weighted by Gasteiger charge is 2.32. The van der Waals surface area contributed by atoms with Crippen LogP contribution in [0.1, 0.15) is 38.5 Å². The van der Waals surface area contributed by atoms with Gasteiger partial charge in [-0.1, -0.05) is 0 Å². The first kappa shape index (κ1) is 30.7. The summed E-state index contributed by atoms with van der Waals surface area (Å²) >= 11 is 0. The number of carbonyl (C=O) groups is 8. The maximum absolute atomic E-state index is 12.7. The van der Waals surface area contributed by atoms with Crippen LogP contribution in [-0.4, -0.2) is 81.8 Å². The summed E-state index contributed by atoms with van der Waals surface area (Å²) in [5.74, 6) is -9.07. The van der Waals surface area contributed by atoms with Crippen LogP contribution in [0.2, 0.25) is 0 Å². The van der Waals surface area contributed by atoms with Crippen LogP contribution in [0, 0.1) is 0 Å². The van der Waals surface area contributed by atoms with Crippen LogP contribution in [0.5, 0.6) is 0 Å². The second kappa shape index (κ2) is 14.8. The molecule has 35 heavy (non-hydrogen) atoms. The zero-order valence-corrected chi connectivity index (χ0v) is 18.5. The Morgan fingerprint density at radius 1 is 0.600 bits per heavy atom. The van der Waals surface area contributed by atoms with Crippen molar-refractivity contribution in [2.75, 3.05) is 0 Å². The van der Waals surface area contributed by atoms with Crippen molar-refractivity contribution in [3.05, 3.63) is 0 Å². The van der Waals surface area contributed by atoms with Crippen LogP contribution in [0.4, 0.5) is 0 Å². The second-order valence-electron chi connectivity index (χ2n) is 7.41. The van der Waals surface area contributed by atoms with E-state index in [1.165, 1.54) is 0 Å². The fourth-order valence-corrected chi connectivity index (χ4v) is 2.60. The van der Waals surface area contributed by atoms with Crippen LogP contribution < -0.4 is 38.9 Å². The van der Waals surface area contributed by atoms with Crippen LogP contribution in [-0.2, 0) is 38.4 Å². The van der Waals surface area contributed by atoms with Gasteiger partial charge in [-0.2, -0.15) is 0 Å². The maximum atomic E-state index is 12.7. The van der Waals surface area contributed by atoms with Gasteiger partial charge in [0.2, 0.25) is 35.4 Å². The second-order valence-corrected chi connectivity index (χ2v) is 7.41.